The number of hydrogen-bond donors (Lipinski definition) is 0. The Morgan fingerprint density at radius 3 is 1.36 bits per heavy atom. The van der Waals surface area contributed by atoms with E-state index in [2.05, 4.69) is 72.4 Å². The lowest BCUT2D eigenvalue weighted by Gasteiger charge is -2.10. The number of nitrogens with zero attached hydrogens (tertiary/aromatic N) is 2. The zero-order chi connectivity index (χ0) is 15.6. The van der Waals surface area contributed by atoms with Gasteiger partial charge in [-0.3, -0.25) is 9.98 Å². The molecule has 22 heavy (non-hydrogen) atoms. The van der Waals surface area contributed by atoms with Crippen LogP contribution in [-0.4, -0.2) is 12.4 Å². The van der Waals surface area contributed by atoms with Gasteiger partial charge in [0, 0.05) is 12.4 Å². The number of rotatable bonds is 7. The van der Waals surface area contributed by atoms with Crippen LogP contribution in [0.1, 0.15) is 49.9 Å². The van der Waals surface area contributed by atoms with E-state index >= 15 is 0 Å². The first kappa shape index (κ1) is 16.2. The Bertz CT molecular complexity index is 532. The number of aliphatic imine (C=N–C) groups is 2. The van der Waals surface area contributed by atoms with Crippen molar-refractivity contribution in [1.29, 1.82) is 0 Å². The van der Waals surface area contributed by atoms with E-state index in [1.54, 1.807) is 0 Å². The quantitative estimate of drug-likeness (QED) is 0.608. The fraction of sp³-hybridized carbons (Fsp3) is 0.300. The van der Waals surface area contributed by atoms with Crippen molar-refractivity contribution in [2.45, 2.75) is 38.8 Å². The third-order valence-corrected chi connectivity index (χ3v) is 3.74. The molecule has 2 heteroatoms. The van der Waals surface area contributed by atoms with E-state index in [0.717, 1.165) is 12.8 Å². The third kappa shape index (κ3) is 4.66. The lowest BCUT2D eigenvalue weighted by atomic mass is 10.1. The van der Waals surface area contributed by atoms with Gasteiger partial charge in [0.05, 0.1) is 12.1 Å². The van der Waals surface area contributed by atoms with Crippen LogP contribution in [0, 0.1) is 0 Å². The Balaban J connectivity index is 2.00. The zero-order valence-electron chi connectivity index (χ0n) is 13.4. The summed E-state index contributed by atoms with van der Waals surface area (Å²) in [7, 11) is 0. The van der Waals surface area contributed by atoms with Crippen LogP contribution in [0.4, 0.5) is 0 Å². The van der Waals surface area contributed by atoms with Crippen LogP contribution < -0.4 is 0 Å². The number of benzene rings is 2. The minimum absolute atomic E-state index is 0.212. The van der Waals surface area contributed by atoms with Gasteiger partial charge in [0.1, 0.15) is 0 Å². The molecule has 114 valence electrons. The van der Waals surface area contributed by atoms with E-state index in [1.807, 2.05) is 24.6 Å². The molecular weight excluding hydrogens is 268 g/mol. The zero-order valence-corrected chi connectivity index (χ0v) is 13.4. The minimum atomic E-state index is 0.212. The lowest BCUT2D eigenvalue weighted by molar-refractivity contribution is 0.701. The largest absolute Gasteiger partial charge is 0.284 e. The van der Waals surface area contributed by atoms with E-state index in [4.69, 9.17) is 0 Å². The molecular formula is C20H24N2. The van der Waals surface area contributed by atoms with Gasteiger partial charge in [-0.25, -0.2) is 0 Å². The summed E-state index contributed by atoms with van der Waals surface area (Å²) < 4.78 is 0. The monoisotopic (exact) mass is 292 g/mol. The van der Waals surface area contributed by atoms with E-state index in [-0.39, 0.29) is 12.1 Å². The SMILES string of the molecule is CC[C@H](N=CC=N[C@@H](CC)c1ccccc1)c1ccccc1. The van der Waals surface area contributed by atoms with Gasteiger partial charge in [0.15, 0.2) is 0 Å². The molecule has 0 bridgehead atoms. The van der Waals surface area contributed by atoms with Crippen LogP contribution >= 0.6 is 0 Å². The Morgan fingerprint density at radius 1 is 0.682 bits per heavy atom. The second-order valence-electron chi connectivity index (χ2n) is 5.27. The predicted octanol–water partition coefficient (Wildman–Crippen LogP) is 5.43. The summed E-state index contributed by atoms with van der Waals surface area (Å²) in [6, 6.07) is 21.2. The first-order chi connectivity index (χ1) is 10.8. The molecule has 2 aromatic rings. The summed E-state index contributed by atoms with van der Waals surface area (Å²) in [5.41, 5.74) is 2.51. The van der Waals surface area contributed by atoms with Gasteiger partial charge in [0.2, 0.25) is 0 Å². The first-order valence-corrected chi connectivity index (χ1v) is 8.00. The average molecular weight is 292 g/mol. The molecule has 0 heterocycles. The maximum Gasteiger partial charge on any atom is 0.0747 e. The van der Waals surface area contributed by atoms with Crippen molar-refractivity contribution in [2.75, 3.05) is 0 Å². The maximum absolute atomic E-state index is 4.64. The average Bonchev–Trinajstić information content (AvgIpc) is 2.60. The molecule has 0 amide bonds. The van der Waals surface area contributed by atoms with Gasteiger partial charge in [-0.1, -0.05) is 74.5 Å². The molecule has 0 aliphatic rings. The summed E-state index contributed by atoms with van der Waals surface area (Å²) in [5, 5.41) is 0. The topological polar surface area (TPSA) is 24.7 Å². The third-order valence-electron chi connectivity index (χ3n) is 3.74. The molecule has 0 fully saturated rings. The Labute approximate surface area is 133 Å². The molecule has 0 spiro atoms. The second kappa shape index (κ2) is 8.93. The van der Waals surface area contributed by atoms with Crippen molar-refractivity contribution < 1.29 is 0 Å². The minimum Gasteiger partial charge on any atom is -0.284 e. The van der Waals surface area contributed by atoms with Crippen molar-refractivity contribution >= 4 is 12.4 Å². The maximum atomic E-state index is 4.64. The molecule has 0 saturated carbocycles. The van der Waals surface area contributed by atoms with Gasteiger partial charge in [0.25, 0.3) is 0 Å². The van der Waals surface area contributed by atoms with Gasteiger partial charge < -0.3 is 0 Å². The van der Waals surface area contributed by atoms with Crippen LogP contribution in [0.25, 0.3) is 0 Å². The van der Waals surface area contributed by atoms with Crippen molar-refractivity contribution in [2.24, 2.45) is 9.98 Å². The highest BCUT2D eigenvalue weighted by molar-refractivity contribution is 6.16. The molecule has 0 radical (unpaired) electrons. The number of hydrogen-bond acceptors (Lipinski definition) is 2. The van der Waals surface area contributed by atoms with Gasteiger partial charge in [-0.05, 0) is 24.0 Å². The Hall–Kier alpha value is -2.22. The molecule has 0 aliphatic carbocycles. The summed E-state index contributed by atoms with van der Waals surface area (Å²) in [6.07, 6.45) is 5.66. The molecule has 2 rings (SSSR count). The summed E-state index contributed by atoms with van der Waals surface area (Å²) >= 11 is 0. The molecule has 2 aromatic carbocycles. The van der Waals surface area contributed by atoms with E-state index < -0.39 is 0 Å². The Morgan fingerprint density at radius 2 is 1.05 bits per heavy atom. The van der Waals surface area contributed by atoms with Gasteiger partial charge >= 0.3 is 0 Å². The molecule has 0 saturated heterocycles. The Kier molecular flexibility index (Phi) is 6.56. The highest BCUT2D eigenvalue weighted by Crippen LogP contribution is 2.21. The highest BCUT2D eigenvalue weighted by atomic mass is 14.8. The smallest absolute Gasteiger partial charge is 0.0747 e. The normalized spacial score (nSPS) is 14.5. The summed E-state index contributed by atoms with van der Waals surface area (Å²) in [6.45, 7) is 4.32. The van der Waals surface area contributed by atoms with Gasteiger partial charge in [-0.15, -0.1) is 0 Å². The highest BCUT2D eigenvalue weighted by Gasteiger charge is 2.06. The second-order valence-corrected chi connectivity index (χ2v) is 5.27. The standard InChI is InChI=1S/C20H24N2/c1-3-19(17-11-7-5-8-12-17)21-15-16-22-20(4-2)18-13-9-6-10-14-18/h5-16,19-20H,3-4H2,1-2H3/t19-,20-/m0/s1. The predicted molar refractivity (Wildman–Crippen MR) is 95.9 cm³/mol. The van der Waals surface area contributed by atoms with Crippen molar-refractivity contribution in [1.82, 2.24) is 0 Å². The van der Waals surface area contributed by atoms with Crippen molar-refractivity contribution in [3.63, 3.8) is 0 Å². The van der Waals surface area contributed by atoms with Crippen molar-refractivity contribution in [3.8, 4) is 0 Å². The van der Waals surface area contributed by atoms with E-state index in [0.29, 0.717) is 0 Å². The van der Waals surface area contributed by atoms with Crippen LogP contribution in [-0.2, 0) is 0 Å². The van der Waals surface area contributed by atoms with E-state index in [9.17, 15) is 0 Å². The van der Waals surface area contributed by atoms with Crippen molar-refractivity contribution in [3.05, 3.63) is 71.8 Å². The fourth-order valence-electron chi connectivity index (χ4n) is 2.49. The fourth-order valence-corrected chi connectivity index (χ4v) is 2.49. The molecule has 0 unspecified atom stereocenters. The van der Waals surface area contributed by atoms with Crippen LogP contribution in [0.3, 0.4) is 0 Å². The summed E-state index contributed by atoms with van der Waals surface area (Å²) in [5.74, 6) is 0. The molecule has 0 aromatic heterocycles. The van der Waals surface area contributed by atoms with Gasteiger partial charge in [-0.2, -0.15) is 0 Å². The first-order valence-electron chi connectivity index (χ1n) is 8.00. The van der Waals surface area contributed by atoms with Crippen LogP contribution in [0.2, 0.25) is 0 Å². The summed E-state index contributed by atoms with van der Waals surface area (Å²) in [4.78, 5) is 9.28. The molecule has 0 N–H and O–H groups in total. The lowest BCUT2D eigenvalue weighted by Crippen LogP contribution is -1.96. The van der Waals surface area contributed by atoms with Crippen LogP contribution in [0.15, 0.2) is 70.6 Å². The molecule has 2 atom stereocenters. The van der Waals surface area contributed by atoms with Crippen LogP contribution in [0.5, 0.6) is 0 Å². The molecule has 2 nitrogen and oxygen atoms in total. The van der Waals surface area contributed by atoms with E-state index in [1.165, 1.54) is 11.1 Å². The molecule has 0 aliphatic heterocycles.